The number of Topliss-reactive ketones (excluding diaryl/α,β-unsaturated/α-hetero) is 1. The van der Waals surface area contributed by atoms with Crippen LogP contribution < -0.4 is 10.6 Å². The first-order chi connectivity index (χ1) is 23.7. The summed E-state index contributed by atoms with van der Waals surface area (Å²) >= 11 is 0. The zero-order valence-electron chi connectivity index (χ0n) is 27.2. The Morgan fingerprint density at radius 1 is 0.580 bits per heavy atom. The van der Waals surface area contributed by atoms with Crippen molar-refractivity contribution in [2.45, 2.75) is 13.8 Å². The molecule has 0 heterocycles. The number of fused-ring (bicyclic) bond motifs is 7. The monoisotopic (exact) mass is 671 g/mol. The SMILES string of the molecule is CNC(=O)c1cc2c(cc1C(=O)O)c1cc(C(=O)N(C)O)c(C(C)=O)cc1c1cc(C(=O)O)c(C(=O)Nc3ccc4cc(C)ccc4c3)cc12. The fraction of sp³-hybridized carbons (Fsp3) is 0.105. The van der Waals surface area contributed by atoms with Crippen LogP contribution in [0, 0.1) is 6.92 Å². The fourth-order valence-electron chi connectivity index (χ4n) is 6.28. The highest BCUT2D eigenvalue weighted by Crippen LogP contribution is 2.40. The number of hydroxylamine groups is 2. The number of ketones is 1. The molecule has 0 saturated carbocycles. The zero-order chi connectivity index (χ0) is 36.2. The normalized spacial score (nSPS) is 11.1. The lowest BCUT2D eigenvalue weighted by Gasteiger charge is -2.18. The lowest BCUT2D eigenvalue weighted by molar-refractivity contribution is -0.0375. The second-order valence-electron chi connectivity index (χ2n) is 11.9. The molecule has 12 nitrogen and oxygen atoms in total. The number of carboxylic acid groups (broad SMARTS) is 2. The second kappa shape index (κ2) is 12.4. The molecular weight excluding hydrogens is 642 g/mol. The number of nitrogens with one attached hydrogen (secondary N) is 2. The van der Waals surface area contributed by atoms with Gasteiger partial charge in [-0.1, -0.05) is 29.8 Å². The van der Waals surface area contributed by atoms with E-state index < -0.39 is 35.4 Å². The van der Waals surface area contributed by atoms with E-state index in [9.17, 15) is 44.2 Å². The van der Waals surface area contributed by atoms with E-state index in [1.807, 2.05) is 31.2 Å². The topological polar surface area (TPSA) is 190 Å². The summed E-state index contributed by atoms with van der Waals surface area (Å²) in [7, 11) is 2.41. The third-order valence-electron chi connectivity index (χ3n) is 8.68. The summed E-state index contributed by atoms with van der Waals surface area (Å²) in [5.41, 5.74) is 0.0186. The molecule has 3 amide bonds. The van der Waals surface area contributed by atoms with E-state index in [-0.39, 0.29) is 65.7 Å². The highest BCUT2D eigenvalue weighted by molar-refractivity contribution is 6.30. The molecule has 0 aliphatic heterocycles. The molecule has 0 fully saturated rings. The summed E-state index contributed by atoms with van der Waals surface area (Å²) in [6.07, 6.45) is 0. The molecule has 0 aromatic heterocycles. The first-order valence-corrected chi connectivity index (χ1v) is 15.2. The van der Waals surface area contributed by atoms with Gasteiger partial charge in [0.2, 0.25) is 0 Å². The number of amides is 3. The Bertz CT molecular complexity index is 2540. The molecule has 0 atom stereocenters. The van der Waals surface area contributed by atoms with Gasteiger partial charge in [0.1, 0.15) is 0 Å². The molecule has 0 bridgehead atoms. The van der Waals surface area contributed by atoms with Gasteiger partial charge in [0.05, 0.1) is 27.8 Å². The number of aryl methyl sites for hydroxylation is 1. The van der Waals surface area contributed by atoms with Gasteiger partial charge in [0, 0.05) is 25.3 Å². The van der Waals surface area contributed by atoms with Crippen molar-refractivity contribution >= 4 is 84.2 Å². The Hall–Kier alpha value is -6.66. The first kappa shape index (κ1) is 33.2. The molecule has 12 heteroatoms. The molecule has 0 aliphatic carbocycles. The maximum Gasteiger partial charge on any atom is 0.336 e. The smallest absolute Gasteiger partial charge is 0.336 e. The average Bonchev–Trinajstić information content (AvgIpc) is 3.09. The lowest BCUT2D eigenvalue weighted by Crippen LogP contribution is -2.24. The summed E-state index contributed by atoms with van der Waals surface area (Å²) in [5, 5.41) is 39.2. The van der Waals surface area contributed by atoms with Gasteiger partial charge in [-0.25, -0.2) is 14.7 Å². The van der Waals surface area contributed by atoms with Crippen LogP contribution in [0.2, 0.25) is 0 Å². The maximum absolute atomic E-state index is 13.8. The number of anilines is 1. The van der Waals surface area contributed by atoms with Crippen LogP contribution in [0.3, 0.4) is 0 Å². The molecule has 6 aromatic rings. The lowest BCUT2D eigenvalue weighted by atomic mass is 9.86. The number of benzene rings is 6. The minimum Gasteiger partial charge on any atom is -0.478 e. The molecule has 0 saturated heterocycles. The Morgan fingerprint density at radius 2 is 1.02 bits per heavy atom. The van der Waals surface area contributed by atoms with Gasteiger partial charge in [-0.3, -0.25) is 24.4 Å². The van der Waals surface area contributed by atoms with Crippen LogP contribution in [0.5, 0.6) is 0 Å². The second-order valence-corrected chi connectivity index (χ2v) is 11.9. The van der Waals surface area contributed by atoms with Crippen LogP contribution in [-0.4, -0.2) is 70.0 Å². The average molecular weight is 672 g/mol. The summed E-state index contributed by atoms with van der Waals surface area (Å²) in [6.45, 7) is 3.18. The van der Waals surface area contributed by atoms with Crippen LogP contribution >= 0.6 is 0 Å². The number of carbonyl (C=O) groups excluding carboxylic acids is 4. The number of hydrogen-bond acceptors (Lipinski definition) is 7. The van der Waals surface area contributed by atoms with E-state index in [1.165, 1.54) is 50.4 Å². The van der Waals surface area contributed by atoms with Crippen molar-refractivity contribution in [3.63, 3.8) is 0 Å². The Labute approximate surface area is 283 Å². The third kappa shape index (κ3) is 5.63. The van der Waals surface area contributed by atoms with E-state index >= 15 is 0 Å². The van der Waals surface area contributed by atoms with Crippen molar-refractivity contribution in [1.29, 1.82) is 0 Å². The summed E-state index contributed by atoms with van der Waals surface area (Å²) < 4.78 is 0. The predicted molar refractivity (Wildman–Crippen MR) is 187 cm³/mol. The van der Waals surface area contributed by atoms with Gasteiger partial charge in [-0.05, 0) is 105 Å². The maximum atomic E-state index is 13.8. The van der Waals surface area contributed by atoms with Crippen molar-refractivity contribution in [2.75, 3.05) is 19.4 Å². The quantitative estimate of drug-likeness (QED) is 0.0563. The van der Waals surface area contributed by atoms with Crippen LogP contribution in [0.15, 0.2) is 72.8 Å². The zero-order valence-corrected chi connectivity index (χ0v) is 27.2. The molecular formula is C38H29N3O9. The highest BCUT2D eigenvalue weighted by atomic mass is 16.5. The van der Waals surface area contributed by atoms with Crippen LogP contribution in [0.4, 0.5) is 5.69 Å². The highest BCUT2D eigenvalue weighted by Gasteiger charge is 2.26. The number of hydrogen-bond donors (Lipinski definition) is 5. The van der Waals surface area contributed by atoms with Gasteiger partial charge >= 0.3 is 11.9 Å². The largest absolute Gasteiger partial charge is 0.478 e. The van der Waals surface area contributed by atoms with Gasteiger partial charge < -0.3 is 20.8 Å². The van der Waals surface area contributed by atoms with E-state index in [1.54, 1.807) is 12.1 Å². The van der Waals surface area contributed by atoms with Gasteiger partial charge in [-0.2, -0.15) is 0 Å². The fourth-order valence-corrected chi connectivity index (χ4v) is 6.28. The van der Waals surface area contributed by atoms with E-state index in [2.05, 4.69) is 10.6 Å². The molecule has 50 heavy (non-hydrogen) atoms. The Balaban J connectivity index is 1.71. The number of carboxylic acids is 2. The van der Waals surface area contributed by atoms with Crippen LogP contribution in [-0.2, 0) is 0 Å². The Morgan fingerprint density at radius 3 is 1.50 bits per heavy atom. The molecule has 0 radical (unpaired) electrons. The van der Waals surface area contributed by atoms with Crippen molar-refractivity contribution in [1.82, 2.24) is 10.4 Å². The summed E-state index contributed by atoms with van der Waals surface area (Å²) in [4.78, 5) is 77.7. The number of aromatic carboxylic acids is 2. The molecule has 0 spiro atoms. The van der Waals surface area contributed by atoms with Crippen molar-refractivity contribution < 1.29 is 44.2 Å². The minimum atomic E-state index is -1.42. The predicted octanol–water partition coefficient (Wildman–Crippen LogP) is 6.28. The summed E-state index contributed by atoms with van der Waals surface area (Å²) in [5.74, 6) is -5.76. The third-order valence-corrected chi connectivity index (χ3v) is 8.68. The first-order valence-electron chi connectivity index (χ1n) is 15.2. The van der Waals surface area contributed by atoms with Crippen LogP contribution in [0.1, 0.15) is 74.6 Å². The molecule has 6 rings (SSSR count). The van der Waals surface area contributed by atoms with E-state index in [4.69, 9.17) is 0 Å². The minimum absolute atomic E-state index is 0.0883. The van der Waals surface area contributed by atoms with Crippen molar-refractivity contribution in [3.8, 4) is 0 Å². The number of nitrogens with zero attached hydrogens (tertiary/aromatic N) is 1. The standard InChI is InChI=1S/C38H29N3O9/c1-17-5-6-20-10-21(8-7-19(20)9-17)40-35(44)30-13-25-24-12-29(34(43)39-3)32(37(46)47)15-28(24)26-14-31(36(45)41(4)50)22(18(2)42)11-23(26)27(25)16-33(30)38(48)49/h5-16,50H,1-4H3,(H,39,43)(H,40,44)(H,46,47)(H,48,49). The number of carbonyl (C=O) groups is 6. The molecule has 6 aromatic carbocycles. The van der Waals surface area contributed by atoms with Crippen LogP contribution in [0.25, 0.3) is 43.1 Å². The van der Waals surface area contributed by atoms with Crippen molar-refractivity contribution in [3.05, 3.63) is 112 Å². The molecule has 0 aliphatic rings. The van der Waals surface area contributed by atoms with Gasteiger partial charge in [0.25, 0.3) is 17.7 Å². The van der Waals surface area contributed by atoms with Crippen molar-refractivity contribution in [2.24, 2.45) is 0 Å². The molecule has 5 N–H and O–H groups in total. The van der Waals surface area contributed by atoms with E-state index in [0.717, 1.165) is 23.4 Å². The number of rotatable bonds is 7. The molecule has 0 unspecified atom stereocenters. The Kier molecular flexibility index (Phi) is 8.26. The van der Waals surface area contributed by atoms with E-state index in [0.29, 0.717) is 10.8 Å². The van der Waals surface area contributed by atoms with Gasteiger partial charge in [0.15, 0.2) is 5.78 Å². The molecule has 250 valence electrons. The van der Waals surface area contributed by atoms with Gasteiger partial charge in [-0.15, -0.1) is 0 Å². The summed E-state index contributed by atoms with van der Waals surface area (Å²) in [6, 6.07) is 19.0.